The zero-order chi connectivity index (χ0) is 9.26. The Hall–Kier alpha value is -1.55. The van der Waals surface area contributed by atoms with E-state index >= 15 is 0 Å². The lowest BCUT2D eigenvalue weighted by Crippen LogP contribution is -2.27. The molecule has 0 saturated carbocycles. The van der Waals surface area contributed by atoms with Crippen LogP contribution in [0.15, 0.2) is 24.3 Å². The van der Waals surface area contributed by atoms with Gasteiger partial charge in [-0.3, -0.25) is 4.79 Å². The largest absolute Gasteiger partial charge is 0.480 e. The van der Waals surface area contributed by atoms with Crippen LogP contribution in [0, 0.1) is 0 Å². The number of hydrogen-bond acceptors (Lipinski definition) is 3. The van der Waals surface area contributed by atoms with E-state index in [9.17, 15) is 4.79 Å². The predicted octanol–water partition coefficient (Wildman–Crippen LogP) is 0.881. The molecule has 4 heteroatoms. The lowest BCUT2D eigenvalue weighted by atomic mass is 10.2. The third-order valence-corrected chi connectivity index (χ3v) is 1.86. The van der Waals surface area contributed by atoms with E-state index in [1.807, 2.05) is 24.3 Å². The molecule has 0 aromatic heterocycles. The molecule has 0 fully saturated rings. The molecule has 0 aliphatic carbocycles. The molecule has 0 atom stereocenters. The summed E-state index contributed by atoms with van der Waals surface area (Å²) >= 11 is 0. The van der Waals surface area contributed by atoms with Crippen LogP contribution in [-0.4, -0.2) is 22.7 Å². The van der Waals surface area contributed by atoms with Crippen molar-refractivity contribution in [1.82, 2.24) is 5.06 Å². The summed E-state index contributed by atoms with van der Waals surface area (Å²) in [5.74, 6) is -0.128. The van der Waals surface area contributed by atoms with Gasteiger partial charge < -0.3 is 9.94 Å². The average Bonchev–Trinajstić information content (AvgIpc) is 2.44. The normalized spacial score (nSPS) is 15.1. The van der Waals surface area contributed by atoms with Crippen molar-refractivity contribution in [2.75, 3.05) is 6.54 Å². The summed E-state index contributed by atoms with van der Waals surface area (Å²) in [6.07, 6.45) is 0. The molecule has 0 unspecified atom stereocenters. The molecule has 1 aliphatic heterocycles. The number of nitrogens with zero attached hydrogens (tertiary/aromatic N) is 1. The number of para-hydroxylation sites is 1. The van der Waals surface area contributed by atoms with Gasteiger partial charge in [0.25, 0.3) is 0 Å². The van der Waals surface area contributed by atoms with Crippen molar-refractivity contribution in [3.63, 3.8) is 0 Å². The summed E-state index contributed by atoms with van der Waals surface area (Å²) < 4.78 is 0. The number of rotatable bonds is 2. The van der Waals surface area contributed by atoms with E-state index < -0.39 is 5.97 Å². The molecular weight excluding hydrogens is 170 g/mol. The minimum absolute atomic E-state index is 0.0886. The average molecular weight is 179 g/mol. The van der Waals surface area contributed by atoms with E-state index in [0.29, 0.717) is 6.54 Å². The van der Waals surface area contributed by atoms with Crippen LogP contribution in [0.1, 0.15) is 5.56 Å². The Morgan fingerprint density at radius 3 is 3.00 bits per heavy atom. The fraction of sp³-hybridized carbons (Fsp3) is 0.222. The van der Waals surface area contributed by atoms with E-state index in [1.165, 1.54) is 5.06 Å². The van der Waals surface area contributed by atoms with Gasteiger partial charge in [0.15, 0.2) is 5.75 Å². The fourth-order valence-corrected chi connectivity index (χ4v) is 1.32. The van der Waals surface area contributed by atoms with Crippen LogP contribution in [-0.2, 0) is 11.3 Å². The Labute approximate surface area is 75.3 Å². The number of fused-ring (bicyclic) bond motifs is 1. The number of carboxylic acids is 1. The second-order valence-corrected chi connectivity index (χ2v) is 2.89. The third-order valence-electron chi connectivity index (χ3n) is 1.86. The van der Waals surface area contributed by atoms with Gasteiger partial charge in [-0.2, -0.15) is 0 Å². The molecule has 0 bridgehead atoms. The van der Waals surface area contributed by atoms with E-state index in [-0.39, 0.29) is 6.54 Å². The Balaban J connectivity index is 2.09. The topological polar surface area (TPSA) is 49.8 Å². The monoisotopic (exact) mass is 179 g/mol. The first-order valence-corrected chi connectivity index (χ1v) is 3.98. The molecule has 0 amide bonds. The summed E-state index contributed by atoms with van der Waals surface area (Å²) in [4.78, 5) is 15.7. The van der Waals surface area contributed by atoms with Crippen molar-refractivity contribution in [2.24, 2.45) is 0 Å². The van der Waals surface area contributed by atoms with Crippen LogP contribution in [0.5, 0.6) is 5.75 Å². The van der Waals surface area contributed by atoms with Crippen molar-refractivity contribution in [1.29, 1.82) is 0 Å². The second kappa shape index (κ2) is 3.06. The lowest BCUT2D eigenvalue weighted by molar-refractivity contribution is -0.146. The standard InChI is InChI=1S/C9H9NO3/c11-9(12)6-10-5-7-3-1-2-4-8(7)13-10/h1-4H,5-6H2,(H,11,12). The highest BCUT2D eigenvalue weighted by Gasteiger charge is 2.21. The number of benzene rings is 1. The molecule has 0 saturated heterocycles. The number of hydroxylamine groups is 2. The van der Waals surface area contributed by atoms with Gasteiger partial charge in [-0.15, -0.1) is 5.06 Å². The molecule has 1 N–H and O–H groups in total. The minimum Gasteiger partial charge on any atom is -0.480 e. The number of carbonyl (C=O) groups is 1. The van der Waals surface area contributed by atoms with Crippen molar-refractivity contribution >= 4 is 5.97 Å². The molecule has 2 rings (SSSR count). The van der Waals surface area contributed by atoms with Crippen molar-refractivity contribution in [3.05, 3.63) is 29.8 Å². The molecule has 4 nitrogen and oxygen atoms in total. The van der Waals surface area contributed by atoms with E-state index in [0.717, 1.165) is 11.3 Å². The Morgan fingerprint density at radius 1 is 1.54 bits per heavy atom. The Bertz CT molecular complexity index is 312. The molecule has 1 heterocycles. The smallest absolute Gasteiger partial charge is 0.321 e. The van der Waals surface area contributed by atoms with Crippen LogP contribution in [0.2, 0.25) is 0 Å². The summed E-state index contributed by atoms with van der Waals surface area (Å²) in [7, 11) is 0. The lowest BCUT2D eigenvalue weighted by Gasteiger charge is -2.10. The van der Waals surface area contributed by atoms with Gasteiger partial charge >= 0.3 is 5.97 Å². The maximum Gasteiger partial charge on any atom is 0.321 e. The maximum absolute atomic E-state index is 10.4. The third kappa shape index (κ3) is 1.62. The molecule has 1 aliphatic rings. The van der Waals surface area contributed by atoms with Gasteiger partial charge in [-0.1, -0.05) is 18.2 Å². The highest BCUT2D eigenvalue weighted by Crippen LogP contribution is 2.26. The van der Waals surface area contributed by atoms with Gasteiger partial charge in [0.05, 0.1) is 6.54 Å². The molecule has 0 spiro atoms. The molecule has 13 heavy (non-hydrogen) atoms. The summed E-state index contributed by atoms with van der Waals surface area (Å²) in [6, 6.07) is 7.53. The van der Waals surface area contributed by atoms with Gasteiger partial charge in [0.2, 0.25) is 0 Å². The Morgan fingerprint density at radius 2 is 2.31 bits per heavy atom. The van der Waals surface area contributed by atoms with Gasteiger partial charge in [-0.25, -0.2) is 0 Å². The molecule has 68 valence electrons. The zero-order valence-electron chi connectivity index (χ0n) is 6.93. The first kappa shape index (κ1) is 8.07. The summed E-state index contributed by atoms with van der Waals surface area (Å²) in [5.41, 5.74) is 1.03. The summed E-state index contributed by atoms with van der Waals surface area (Å²) in [5, 5.41) is 9.95. The maximum atomic E-state index is 10.4. The van der Waals surface area contributed by atoms with E-state index in [4.69, 9.17) is 9.94 Å². The van der Waals surface area contributed by atoms with Crippen LogP contribution < -0.4 is 4.84 Å². The van der Waals surface area contributed by atoms with Crippen LogP contribution in [0.4, 0.5) is 0 Å². The van der Waals surface area contributed by atoms with Crippen LogP contribution in [0.25, 0.3) is 0 Å². The van der Waals surface area contributed by atoms with Gasteiger partial charge in [-0.05, 0) is 6.07 Å². The van der Waals surface area contributed by atoms with Crippen molar-refractivity contribution in [3.8, 4) is 5.75 Å². The fourth-order valence-electron chi connectivity index (χ4n) is 1.32. The Kier molecular flexibility index (Phi) is 1.90. The minimum atomic E-state index is -0.882. The molecular formula is C9H9NO3. The number of hydrogen-bond donors (Lipinski definition) is 1. The highest BCUT2D eigenvalue weighted by molar-refractivity contribution is 5.69. The molecule has 1 aromatic carbocycles. The SMILES string of the molecule is O=C(O)CN1Cc2ccccc2O1. The van der Waals surface area contributed by atoms with Crippen LogP contribution in [0.3, 0.4) is 0 Å². The second-order valence-electron chi connectivity index (χ2n) is 2.89. The predicted molar refractivity (Wildman–Crippen MR) is 45.1 cm³/mol. The first-order valence-electron chi connectivity index (χ1n) is 3.98. The van der Waals surface area contributed by atoms with Crippen LogP contribution >= 0.6 is 0 Å². The zero-order valence-corrected chi connectivity index (χ0v) is 6.93. The van der Waals surface area contributed by atoms with E-state index in [2.05, 4.69) is 0 Å². The number of carboxylic acid groups (broad SMARTS) is 1. The van der Waals surface area contributed by atoms with E-state index in [1.54, 1.807) is 0 Å². The summed E-state index contributed by atoms with van der Waals surface area (Å²) in [6.45, 7) is 0.456. The first-order chi connectivity index (χ1) is 6.25. The van der Waals surface area contributed by atoms with Gasteiger partial charge in [0, 0.05) is 5.56 Å². The van der Waals surface area contributed by atoms with Crippen molar-refractivity contribution in [2.45, 2.75) is 6.54 Å². The molecule has 1 aromatic rings. The van der Waals surface area contributed by atoms with Gasteiger partial charge in [0.1, 0.15) is 6.54 Å². The van der Waals surface area contributed by atoms with Crippen molar-refractivity contribution < 1.29 is 14.7 Å². The number of aliphatic carboxylic acids is 1. The molecule has 0 radical (unpaired) electrons. The quantitative estimate of drug-likeness (QED) is 0.732. The highest BCUT2D eigenvalue weighted by atomic mass is 16.7.